The Morgan fingerprint density at radius 2 is 1.96 bits per heavy atom. The van der Waals surface area contributed by atoms with E-state index in [2.05, 4.69) is 42.5 Å². The molecule has 0 heterocycles. The molecule has 0 radical (unpaired) electrons. The number of thiocarbonyl (C=S) groups is 1. The fourth-order valence-electron chi connectivity index (χ4n) is 2.14. The first-order valence-corrected chi connectivity index (χ1v) is 9.88. The van der Waals surface area contributed by atoms with Crippen LogP contribution in [0.25, 0.3) is 0 Å². The SMILES string of the molecule is CCCOc1cccc(C(=O)NC(=S)Nc2c(Br)cc(Br)cc2C(=O)O)c1. The number of anilines is 1. The second-order valence-electron chi connectivity index (χ2n) is 5.40. The van der Waals surface area contributed by atoms with E-state index in [1.54, 1.807) is 30.3 Å². The number of carbonyl (C=O) groups excluding carboxylic acids is 1. The molecule has 0 spiro atoms. The van der Waals surface area contributed by atoms with Gasteiger partial charge in [0.05, 0.1) is 17.9 Å². The predicted octanol–water partition coefficient (Wildman–Crippen LogP) is 4.83. The summed E-state index contributed by atoms with van der Waals surface area (Å²) in [5.74, 6) is -0.971. The van der Waals surface area contributed by atoms with Gasteiger partial charge in [-0.1, -0.05) is 28.9 Å². The summed E-state index contributed by atoms with van der Waals surface area (Å²) >= 11 is 11.7. The molecular formula is C18H16Br2N2O4S. The molecule has 6 nitrogen and oxygen atoms in total. The van der Waals surface area contributed by atoms with E-state index in [0.717, 1.165) is 6.42 Å². The average Bonchev–Trinajstić information content (AvgIpc) is 2.62. The number of carboxylic acid groups (broad SMARTS) is 1. The smallest absolute Gasteiger partial charge is 0.337 e. The number of halogens is 2. The van der Waals surface area contributed by atoms with Crippen LogP contribution in [0.4, 0.5) is 5.69 Å². The lowest BCUT2D eigenvalue weighted by atomic mass is 10.2. The van der Waals surface area contributed by atoms with Crippen LogP contribution in [-0.2, 0) is 0 Å². The van der Waals surface area contributed by atoms with Crippen molar-refractivity contribution >= 4 is 66.8 Å². The van der Waals surface area contributed by atoms with E-state index in [9.17, 15) is 14.7 Å². The van der Waals surface area contributed by atoms with E-state index in [0.29, 0.717) is 26.9 Å². The van der Waals surface area contributed by atoms with E-state index < -0.39 is 11.9 Å². The molecule has 0 atom stereocenters. The van der Waals surface area contributed by atoms with E-state index in [4.69, 9.17) is 17.0 Å². The molecule has 0 aromatic heterocycles. The summed E-state index contributed by atoms with van der Waals surface area (Å²) in [7, 11) is 0. The van der Waals surface area contributed by atoms with Gasteiger partial charge in [-0.05, 0) is 64.9 Å². The van der Waals surface area contributed by atoms with Crippen LogP contribution in [0.15, 0.2) is 45.3 Å². The molecule has 2 rings (SSSR count). The van der Waals surface area contributed by atoms with Gasteiger partial charge in [-0.15, -0.1) is 0 Å². The van der Waals surface area contributed by atoms with Crippen molar-refractivity contribution in [3.05, 3.63) is 56.5 Å². The normalized spacial score (nSPS) is 10.2. The van der Waals surface area contributed by atoms with Gasteiger partial charge in [0.25, 0.3) is 5.91 Å². The standard InChI is InChI=1S/C18H16Br2N2O4S/c1-2-6-26-12-5-3-4-10(7-12)16(23)22-18(27)21-15-13(17(24)25)8-11(19)9-14(15)20/h3-5,7-9H,2,6H2,1H3,(H,24,25)(H2,21,22,23,27). The summed E-state index contributed by atoms with van der Waals surface area (Å²) in [5, 5.41) is 14.6. The lowest BCUT2D eigenvalue weighted by Crippen LogP contribution is -2.34. The van der Waals surface area contributed by atoms with Gasteiger partial charge in [0.1, 0.15) is 5.75 Å². The van der Waals surface area contributed by atoms with Gasteiger partial charge in [0.15, 0.2) is 5.11 Å². The van der Waals surface area contributed by atoms with Gasteiger partial charge in [-0.25, -0.2) is 4.79 Å². The van der Waals surface area contributed by atoms with Crippen LogP contribution < -0.4 is 15.4 Å². The number of hydrogen-bond donors (Lipinski definition) is 3. The number of nitrogens with one attached hydrogen (secondary N) is 2. The highest BCUT2D eigenvalue weighted by molar-refractivity contribution is 9.11. The van der Waals surface area contributed by atoms with Crippen LogP contribution in [-0.4, -0.2) is 28.7 Å². The zero-order valence-electron chi connectivity index (χ0n) is 14.2. The summed E-state index contributed by atoms with van der Waals surface area (Å²) in [6.07, 6.45) is 0.860. The lowest BCUT2D eigenvalue weighted by molar-refractivity contribution is 0.0697. The molecule has 9 heteroatoms. The zero-order valence-corrected chi connectivity index (χ0v) is 18.2. The largest absolute Gasteiger partial charge is 0.494 e. The monoisotopic (exact) mass is 514 g/mol. The molecule has 3 N–H and O–H groups in total. The Bertz CT molecular complexity index is 890. The number of carbonyl (C=O) groups is 2. The minimum atomic E-state index is -1.13. The van der Waals surface area contributed by atoms with Gasteiger partial charge in [0, 0.05) is 14.5 Å². The Balaban J connectivity index is 2.12. The molecule has 0 fully saturated rings. The van der Waals surface area contributed by atoms with Crippen LogP contribution >= 0.6 is 44.1 Å². The van der Waals surface area contributed by atoms with Crippen LogP contribution in [0.2, 0.25) is 0 Å². The third kappa shape index (κ3) is 6.02. The van der Waals surface area contributed by atoms with Gasteiger partial charge < -0.3 is 15.2 Å². The molecule has 142 valence electrons. The summed E-state index contributed by atoms with van der Waals surface area (Å²) in [6, 6.07) is 9.84. The highest BCUT2D eigenvalue weighted by Gasteiger charge is 2.17. The van der Waals surface area contributed by atoms with Gasteiger partial charge in [-0.3, -0.25) is 10.1 Å². The van der Waals surface area contributed by atoms with E-state index in [-0.39, 0.29) is 16.4 Å². The number of aromatic carboxylic acids is 1. The molecule has 1 amide bonds. The zero-order chi connectivity index (χ0) is 20.0. The maximum Gasteiger partial charge on any atom is 0.337 e. The number of hydrogen-bond acceptors (Lipinski definition) is 4. The van der Waals surface area contributed by atoms with E-state index >= 15 is 0 Å². The predicted molar refractivity (Wildman–Crippen MR) is 115 cm³/mol. The number of benzene rings is 2. The maximum atomic E-state index is 12.4. The number of ether oxygens (including phenoxy) is 1. The molecular weight excluding hydrogens is 500 g/mol. The Morgan fingerprint density at radius 3 is 2.63 bits per heavy atom. The number of rotatable bonds is 6. The van der Waals surface area contributed by atoms with Crippen molar-refractivity contribution in [2.75, 3.05) is 11.9 Å². The van der Waals surface area contributed by atoms with E-state index in [1.165, 1.54) is 6.07 Å². The van der Waals surface area contributed by atoms with Crippen molar-refractivity contribution in [1.82, 2.24) is 5.32 Å². The molecule has 2 aromatic carbocycles. The van der Waals surface area contributed by atoms with Crippen molar-refractivity contribution in [3.63, 3.8) is 0 Å². The summed E-state index contributed by atoms with van der Waals surface area (Å²) in [5.41, 5.74) is 0.625. The average molecular weight is 516 g/mol. The number of carboxylic acids is 1. The quantitative estimate of drug-likeness (QED) is 0.478. The van der Waals surface area contributed by atoms with Gasteiger partial charge >= 0.3 is 5.97 Å². The molecule has 0 unspecified atom stereocenters. The topological polar surface area (TPSA) is 87.7 Å². The highest BCUT2D eigenvalue weighted by Crippen LogP contribution is 2.31. The third-order valence-electron chi connectivity index (χ3n) is 3.32. The van der Waals surface area contributed by atoms with Gasteiger partial charge in [0.2, 0.25) is 0 Å². The second-order valence-corrected chi connectivity index (χ2v) is 7.58. The van der Waals surface area contributed by atoms with Crippen LogP contribution in [0.1, 0.15) is 34.1 Å². The summed E-state index contributed by atoms with van der Waals surface area (Å²) in [4.78, 5) is 23.8. The molecule has 0 saturated carbocycles. The number of amides is 1. The fraction of sp³-hybridized carbons (Fsp3) is 0.167. The molecule has 0 bridgehead atoms. The summed E-state index contributed by atoms with van der Waals surface area (Å²) in [6.45, 7) is 2.55. The Hall–Kier alpha value is -1.97. The third-order valence-corrected chi connectivity index (χ3v) is 4.61. The Labute approximate surface area is 178 Å². The minimum absolute atomic E-state index is 0.00260. The minimum Gasteiger partial charge on any atom is -0.494 e. The van der Waals surface area contributed by atoms with Crippen LogP contribution in [0.3, 0.4) is 0 Å². The Kier molecular flexibility index (Phi) is 7.76. The molecule has 2 aromatic rings. The molecule has 0 saturated heterocycles. The Morgan fingerprint density at radius 1 is 1.22 bits per heavy atom. The first-order chi connectivity index (χ1) is 12.8. The molecule has 0 aliphatic rings. The molecule has 0 aliphatic carbocycles. The second kappa shape index (κ2) is 9.82. The first-order valence-electron chi connectivity index (χ1n) is 7.89. The first kappa shape index (κ1) is 21.3. The van der Waals surface area contributed by atoms with Crippen molar-refractivity contribution in [3.8, 4) is 5.75 Å². The van der Waals surface area contributed by atoms with Crippen molar-refractivity contribution in [2.24, 2.45) is 0 Å². The van der Waals surface area contributed by atoms with E-state index in [1.807, 2.05) is 6.92 Å². The highest BCUT2D eigenvalue weighted by atomic mass is 79.9. The van der Waals surface area contributed by atoms with Crippen molar-refractivity contribution < 1.29 is 19.4 Å². The lowest BCUT2D eigenvalue weighted by Gasteiger charge is -2.14. The van der Waals surface area contributed by atoms with Gasteiger partial charge in [-0.2, -0.15) is 0 Å². The van der Waals surface area contributed by atoms with Crippen molar-refractivity contribution in [2.45, 2.75) is 13.3 Å². The summed E-state index contributed by atoms with van der Waals surface area (Å²) < 4.78 is 6.59. The molecule has 27 heavy (non-hydrogen) atoms. The molecule has 0 aliphatic heterocycles. The maximum absolute atomic E-state index is 12.4. The van der Waals surface area contributed by atoms with Crippen LogP contribution in [0.5, 0.6) is 5.75 Å². The fourth-order valence-corrected chi connectivity index (χ4v) is 3.66. The van der Waals surface area contributed by atoms with Crippen molar-refractivity contribution in [1.29, 1.82) is 0 Å². The van der Waals surface area contributed by atoms with Crippen LogP contribution in [0, 0.1) is 0 Å².